The molecule has 0 bridgehead atoms. The topological polar surface area (TPSA) is 49.4 Å². The van der Waals surface area contributed by atoms with Crippen LogP contribution in [0.25, 0.3) is 0 Å². The van der Waals surface area contributed by atoms with Gasteiger partial charge in [-0.05, 0) is 26.3 Å². The van der Waals surface area contributed by atoms with Crippen molar-refractivity contribution in [3.05, 3.63) is 35.9 Å². The van der Waals surface area contributed by atoms with Crippen LogP contribution in [-0.4, -0.2) is 28.3 Å². The molecule has 2 amide bonds. The van der Waals surface area contributed by atoms with Crippen LogP contribution in [0, 0.1) is 0 Å². The number of nitrogens with one attached hydrogen (secondary N) is 1. The van der Waals surface area contributed by atoms with Crippen molar-refractivity contribution in [2.45, 2.75) is 38.9 Å². The lowest BCUT2D eigenvalue weighted by Crippen LogP contribution is -2.67. The van der Waals surface area contributed by atoms with Gasteiger partial charge in [0.05, 0.1) is 18.1 Å². The van der Waals surface area contributed by atoms with Crippen LogP contribution in [-0.2, 0) is 16.1 Å². The maximum Gasteiger partial charge on any atom is 0.249 e. The highest BCUT2D eigenvalue weighted by atomic mass is 16.2. The lowest BCUT2D eigenvalue weighted by atomic mass is 9.97. The number of hydrogen-bond acceptors (Lipinski definition) is 3. The Morgan fingerprint density at radius 3 is 2.44 bits per heavy atom. The minimum atomic E-state index is -0.692. The second kappa shape index (κ2) is 4.53. The molecule has 1 saturated heterocycles. The second-order valence-electron chi connectivity index (χ2n) is 5.21. The molecule has 1 atom stereocenters. The van der Waals surface area contributed by atoms with E-state index < -0.39 is 5.54 Å². The van der Waals surface area contributed by atoms with Crippen molar-refractivity contribution in [3.63, 3.8) is 0 Å². The van der Waals surface area contributed by atoms with Gasteiger partial charge in [0.2, 0.25) is 11.8 Å². The normalized spacial score (nSPS) is 23.3. The molecule has 1 aromatic carbocycles. The van der Waals surface area contributed by atoms with Crippen molar-refractivity contribution < 1.29 is 9.59 Å². The van der Waals surface area contributed by atoms with E-state index in [4.69, 9.17) is 0 Å². The number of carbonyl (C=O) groups excluding carboxylic acids is 2. The summed E-state index contributed by atoms with van der Waals surface area (Å²) in [7, 11) is 0. The Kier molecular flexibility index (Phi) is 3.22. The van der Waals surface area contributed by atoms with Crippen LogP contribution in [0.1, 0.15) is 26.3 Å². The lowest BCUT2D eigenvalue weighted by Gasteiger charge is -2.40. The average Bonchev–Trinajstić information content (AvgIpc) is 2.33. The first kappa shape index (κ1) is 12.8. The molecule has 0 saturated carbocycles. The van der Waals surface area contributed by atoms with E-state index in [0.717, 1.165) is 5.56 Å². The molecule has 1 N–H and O–H groups in total. The Morgan fingerprint density at radius 1 is 1.22 bits per heavy atom. The molecule has 96 valence electrons. The van der Waals surface area contributed by atoms with E-state index in [1.54, 1.807) is 20.8 Å². The maximum atomic E-state index is 12.2. The first-order valence-electron chi connectivity index (χ1n) is 6.09. The summed E-state index contributed by atoms with van der Waals surface area (Å²) < 4.78 is 0. The Balaban J connectivity index is 2.24. The Bertz CT molecular complexity index is 468. The molecule has 1 heterocycles. The lowest BCUT2D eigenvalue weighted by molar-refractivity contribution is -0.155. The predicted octanol–water partition coefficient (Wildman–Crippen LogP) is 1.31. The first-order chi connectivity index (χ1) is 8.42. The number of hydrogen-bond donors (Lipinski definition) is 1. The fourth-order valence-corrected chi connectivity index (χ4v) is 2.25. The molecule has 0 aromatic heterocycles. The monoisotopic (exact) mass is 246 g/mol. The van der Waals surface area contributed by atoms with Crippen LogP contribution in [0.15, 0.2) is 30.3 Å². The van der Waals surface area contributed by atoms with Gasteiger partial charge in [-0.25, -0.2) is 0 Å². The zero-order chi connectivity index (χ0) is 13.3. The minimum absolute atomic E-state index is 0.164. The molecule has 2 rings (SSSR count). The maximum absolute atomic E-state index is 12.2. The van der Waals surface area contributed by atoms with E-state index in [1.165, 1.54) is 4.90 Å². The molecule has 1 aliphatic rings. The number of nitrogens with zero attached hydrogens (tertiary/aromatic N) is 1. The molecule has 1 fully saturated rings. The van der Waals surface area contributed by atoms with Crippen LogP contribution < -0.4 is 5.32 Å². The van der Waals surface area contributed by atoms with E-state index in [0.29, 0.717) is 6.54 Å². The van der Waals surface area contributed by atoms with Gasteiger partial charge in [0, 0.05) is 0 Å². The third-order valence-corrected chi connectivity index (χ3v) is 3.18. The fourth-order valence-electron chi connectivity index (χ4n) is 2.25. The highest BCUT2D eigenvalue weighted by Gasteiger charge is 2.43. The summed E-state index contributed by atoms with van der Waals surface area (Å²) in [5.74, 6) is -0.336. The van der Waals surface area contributed by atoms with Gasteiger partial charge in [0.1, 0.15) is 0 Å². The van der Waals surface area contributed by atoms with Crippen molar-refractivity contribution in [2.24, 2.45) is 0 Å². The van der Waals surface area contributed by atoms with Gasteiger partial charge in [0.15, 0.2) is 0 Å². The van der Waals surface area contributed by atoms with Crippen molar-refractivity contribution in [1.82, 2.24) is 10.2 Å². The largest absolute Gasteiger partial charge is 0.293 e. The summed E-state index contributed by atoms with van der Waals surface area (Å²) in [5, 5.41) is 3.03. The van der Waals surface area contributed by atoms with Crippen molar-refractivity contribution in [1.29, 1.82) is 0 Å². The van der Waals surface area contributed by atoms with E-state index in [9.17, 15) is 9.59 Å². The van der Waals surface area contributed by atoms with Gasteiger partial charge >= 0.3 is 0 Å². The van der Waals surface area contributed by atoms with E-state index in [1.807, 2.05) is 30.3 Å². The Morgan fingerprint density at radius 2 is 1.83 bits per heavy atom. The standard InChI is InChI=1S/C14H18N2O2/c1-10-12(17)16(13(18)14(2,3)15-10)9-11-7-5-4-6-8-11/h4-8,10,15H,9H2,1-3H3/t10-/m0/s1. The van der Waals surface area contributed by atoms with Crippen molar-refractivity contribution in [2.75, 3.05) is 0 Å². The highest BCUT2D eigenvalue weighted by Crippen LogP contribution is 2.19. The summed E-state index contributed by atoms with van der Waals surface area (Å²) in [6.45, 7) is 5.73. The predicted molar refractivity (Wildman–Crippen MR) is 68.7 cm³/mol. The third-order valence-electron chi connectivity index (χ3n) is 3.18. The summed E-state index contributed by atoms with van der Waals surface area (Å²) >= 11 is 0. The first-order valence-corrected chi connectivity index (χ1v) is 6.09. The zero-order valence-corrected chi connectivity index (χ0v) is 10.9. The molecule has 4 nitrogen and oxygen atoms in total. The molecular weight excluding hydrogens is 228 g/mol. The number of benzene rings is 1. The number of carbonyl (C=O) groups is 2. The zero-order valence-electron chi connectivity index (χ0n) is 10.9. The van der Waals surface area contributed by atoms with Gasteiger partial charge in [-0.1, -0.05) is 30.3 Å². The summed E-state index contributed by atoms with van der Waals surface area (Å²) in [4.78, 5) is 25.7. The van der Waals surface area contributed by atoms with Crippen molar-refractivity contribution >= 4 is 11.8 Å². The van der Waals surface area contributed by atoms with E-state index >= 15 is 0 Å². The van der Waals surface area contributed by atoms with Gasteiger partial charge in [-0.15, -0.1) is 0 Å². The number of rotatable bonds is 2. The highest BCUT2D eigenvalue weighted by molar-refractivity contribution is 6.04. The average molecular weight is 246 g/mol. The van der Waals surface area contributed by atoms with E-state index in [2.05, 4.69) is 5.32 Å². The molecule has 0 unspecified atom stereocenters. The summed E-state index contributed by atoms with van der Waals surface area (Å²) in [6, 6.07) is 9.22. The third kappa shape index (κ3) is 2.29. The van der Waals surface area contributed by atoms with Gasteiger partial charge < -0.3 is 0 Å². The van der Waals surface area contributed by atoms with Crippen LogP contribution in [0.3, 0.4) is 0 Å². The summed E-state index contributed by atoms with van der Waals surface area (Å²) in [6.07, 6.45) is 0. The fraction of sp³-hybridized carbons (Fsp3) is 0.429. The Labute approximate surface area is 107 Å². The van der Waals surface area contributed by atoms with Gasteiger partial charge in [0.25, 0.3) is 0 Å². The van der Waals surface area contributed by atoms with Gasteiger partial charge in [-0.2, -0.15) is 0 Å². The Hall–Kier alpha value is -1.68. The van der Waals surface area contributed by atoms with Crippen molar-refractivity contribution in [3.8, 4) is 0 Å². The molecule has 1 aliphatic heterocycles. The van der Waals surface area contributed by atoms with Crippen LogP contribution >= 0.6 is 0 Å². The van der Waals surface area contributed by atoms with Gasteiger partial charge in [-0.3, -0.25) is 19.8 Å². The quantitative estimate of drug-likeness (QED) is 0.800. The molecule has 0 aliphatic carbocycles. The molecule has 0 radical (unpaired) electrons. The molecule has 18 heavy (non-hydrogen) atoms. The van der Waals surface area contributed by atoms with Crippen LogP contribution in [0.2, 0.25) is 0 Å². The molecule has 1 aromatic rings. The van der Waals surface area contributed by atoms with E-state index in [-0.39, 0.29) is 17.9 Å². The summed E-state index contributed by atoms with van der Waals surface area (Å²) in [5.41, 5.74) is 0.270. The number of amides is 2. The number of piperazine rings is 1. The minimum Gasteiger partial charge on any atom is -0.293 e. The SMILES string of the molecule is C[C@@H]1NC(C)(C)C(=O)N(Cc2ccccc2)C1=O. The smallest absolute Gasteiger partial charge is 0.249 e. The molecule has 4 heteroatoms. The second-order valence-corrected chi connectivity index (χ2v) is 5.21. The molecule has 0 spiro atoms. The molecular formula is C14H18N2O2. The van der Waals surface area contributed by atoms with Crippen LogP contribution in [0.5, 0.6) is 0 Å². The number of imide groups is 1. The van der Waals surface area contributed by atoms with Crippen LogP contribution in [0.4, 0.5) is 0 Å².